The van der Waals surface area contributed by atoms with Gasteiger partial charge in [0.1, 0.15) is 11.5 Å². The number of aromatic nitrogens is 3. The number of benzene rings is 1. The number of carbonyl (C=O) groups excluding carboxylic acids is 1. The van der Waals surface area contributed by atoms with E-state index in [1.54, 1.807) is 6.07 Å². The van der Waals surface area contributed by atoms with Crippen LogP contribution in [0.3, 0.4) is 0 Å². The Labute approximate surface area is 153 Å². The van der Waals surface area contributed by atoms with Crippen LogP contribution in [0.15, 0.2) is 12.1 Å². The molecule has 0 radical (unpaired) electrons. The largest absolute Gasteiger partial charge is 0.508 e. The topological polar surface area (TPSA) is 114 Å². The van der Waals surface area contributed by atoms with Gasteiger partial charge in [-0.1, -0.05) is 27.7 Å². The van der Waals surface area contributed by atoms with E-state index in [1.807, 2.05) is 13.8 Å². The highest BCUT2D eigenvalue weighted by Crippen LogP contribution is 2.36. The molecule has 26 heavy (non-hydrogen) atoms. The first-order valence-corrected chi connectivity index (χ1v) is 8.86. The molecule has 8 nitrogen and oxygen atoms in total. The zero-order valence-corrected chi connectivity index (χ0v) is 15.7. The molecule has 0 spiro atoms. The SMILES string of the molecule is CCN(CC)CCNC(=O)c1nc(-c2cc(C(C)C)c(O)cc2O)n[nH]1. The van der Waals surface area contributed by atoms with E-state index in [0.29, 0.717) is 17.7 Å². The van der Waals surface area contributed by atoms with E-state index in [2.05, 4.69) is 39.2 Å². The van der Waals surface area contributed by atoms with Gasteiger partial charge < -0.3 is 20.4 Å². The lowest BCUT2D eigenvalue weighted by Crippen LogP contribution is -2.35. The summed E-state index contributed by atoms with van der Waals surface area (Å²) < 4.78 is 0. The summed E-state index contributed by atoms with van der Waals surface area (Å²) in [4.78, 5) is 18.6. The van der Waals surface area contributed by atoms with Crippen LogP contribution in [-0.4, -0.2) is 62.4 Å². The van der Waals surface area contributed by atoms with Crippen molar-refractivity contribution in [2.45, 2.75) is 33.6 Å². The zero-order valence-electron chi connectivity index (χ0n) is 15.7. The summed E-state index contributed by atoms with van der Waals surface area (Å²) in [5.74, 6) is -0.114. The molecule has 0 bridgehead atoms. The number of H-pyrrole nitrogens is 1. The van der Waals surface area contributed by atoms with Crippen molar-refractivity contribution in [2.75, 3.05) is 26.2 Å². The number of likely N-dealkylation sites (N-methyl/N-ethyl adjacent to an activating group) is 1. The summed E-state index contributed by atoms with van der Waals surface area (Å²) in [6.07, 6.45) is 0. The summed E-state index contributed by atoms with van der Waals surface area (Å²) in [6, 6.07) is 2.91. The summed E-state index contributed by atoms with van der Waals surface area (Å²) in [7, 11) is 0. The lowest BCUT2D eigenvalue weighted by molar-refractivity contribution is 0.0939. The number of carbonyl (C=O) groups is 1. The first kappa shape index (κ1) is 19.7. The maximum atomic E-state index is 12.2. The monoisotopic (exact) mass is 361 g/mol. The Morgan fingerprint density at radius 1 is 1.23 bits per heavy atom. The normalized spacial score (nSPS) is 11.3. The Balaban J connectivity index is 2.12. The van der Waals surface area contributed by atoms with Crippen LogP contribution in [0.2, 0.25) is 0 Å². The molecule has 2 aromatic rings. The fraction of sp³-hybridized carbons (Fsp3) is 0.500. The molecule has 0 saturated heterocycles. The smallest absolute Gasteiger partial charge is 0.288 e. The minimum Gasteiger partial charge on any atom is -0.508 e. The highest BCUT2D eigenvalue weighted by Gasteiger charge is 2.18. The van der Waals surface area contributed by atoms with Gasteiger partial charge in [-0.3, -0.25) is 9.89 Å². The van der Waals surface area contributed by atoms with Crippen molar-refractivity contribution in [3.8, 4) is 22.9 Å². The van der Waals surface area contributed by atoms with Crippen molar-refractivity contribution in [2.24, 2.45) is 0 Å². The van der Waals surface area contributed by atoms with Crippen LogP contribution in [0.1, 0.15) is 49.8 Å². The first-order chi connectivity index (χ1) is 12.4. The number of aromatic hydroxyl groups is 2. The maximum absolute atomic E-state index is 12.2. The molecule has 1 heterocycles. The average Bonchev–Trinajstić information content (AvgIpc) is 3.08. The Morgan fingerprint density at radius 3 is 2.54 bits per heavy atom. The van der Waals surface area contributed by atoms with Gasteiger partial charge in [0.2, 0.25) is 5.82 Å². The lowest BCUT2D eigenvalue weighted by atomic mass is 9.98. The maximum Gasteiger partial charge on any atom is 0.288 e. The summed E-state index contributed by atoms with van der Waals surface area (Å²) in [5.41, 5.74) is 1.04. The minimum atomic E-state index is -0.349. The molecule has 1 aromatic carbocycles. The molecule has 0 aliphatic rings. The van der Waals surface area contributed by atoms with E-state index in [4.69, 9.17) is 0 Å². The second kappa shape index (κ2) is 8.66. The number of phenolic OH excluding ortho intramolecular Hbond substituents is 2. The fourth-order valence-corrected chi connectivity index (χ4v) is 2.67. The van der Waals surface area contributed by atoms with Gasteiger partial charge in [-0.25, -0.2) is 4.98 Å². The Morgan fingerprint density at radius 2 is 1.92 bits per heavy atom. The standard InChI is InChI=1S/C18H27N5O3/c1-5-23(6-2)8-7-19-18(26)17-20-16(21-22-17)13-9-12(11(3)4)14(24)10-15(13)25/h9-11,24-25H,5-8H2,1-4H3,(H,19,26)(H,20,21,22). The number of phenols is 2. The third-order valence-corrected chi connectivity index (χ3v) is 4.32. The fourth-order valence-electron chi connectivity index (χ4n) is 2.67. The van der Waals surface area contributed by atoms with Crippen molar-refractivity contribution in [3.63, 3.8) is 0 Å². The van der Waals surface area contributed by atoms with Crippen molar-refractivity contribution in [1.29, 1.82) is 0 Å². The van der Waals surface area contributed by atoms with E-state index in [9.17, 15) is 15.0 Å². The third-order valence-electron chi connectivity index (χ3n) is 4.32. The lowest BCUT2D eigenvalue weighted by Gasteiger charge is -2.17. The van der Waals surface area contributed by atoms with Crippen LogP contribution < -0.4 is 5.32 Å². The second-order valence-electron chi connectivity index (χ2n) is 6.37. The molecule has 0 saturated carbocycles. The Hall–Kier alpha value is -2.61. The summed E-state index contributed by atoms with van der Waals surface area (Å²) in [5, 5.41) is 29.5. The molecule has 8 heteroatoms. The van der Waals surface area contributed by atoms with Crippen molar-refractivity contribution in [3.05, 3.63) is 23.5 Å². The number of hydrogen-bond acceptors (Lipinski definition) is 6. The van der Waals surface area contributed by atoms with Gasteiger partial charge in [-0.05, 0) is 30.6 Å². The highest BCUT2D eigenvalue weighted by atomic mass is 16.3. The third kappa shape index (κ3) is 4.51. The van der Waals surface area contributed by atoms with Gasteiger partial charge in [0.05, 0.1) is 5.56 Å². The van der Waals surface area contributed by atoms with E-state index < -0.39 is 0 Å². The molecule has 1 aromatic heterocycles. The number of aromatic amines is 1. The summed E-state index contributed by atoms with van der Waals surface area (Å²) >= 11 is 0. The van der Waals surface area contributed by atoms with Crippen LogP contribution in [0.5, 0.6) is 11.5 Å². The molecular formula is C18H27N5O3. The van der Waals surface area contributed by atoms with E-state index in [-0.39, 0.29) is 35.0 Å². The van der Waals surface area contributed by atoms with Crippen molar-refractivity contribution < 1.29 is 15.0 Å². The number of amides is 1. The van der Waals surface area contributed by atoms with Gasteiger partial charge >= 0.3 is 0 Å². The number of hydrogen-bond donors (Lipinski definition) is 4. The van der Waals surface area contributed by atoms with Crippen LogP contribution in [-0.2, 0) is 0 Å². The molecule has 2 rings (SSSR count). The van der Waals surface area contributed by atoms with Gasteiger partial charge in [0.25, 0.3) is 5.91 Å². The van der Waals surface area contributed by atoms with Crippen molar-refractivity contribution in [1.82, 2.24) is 25.4 Å². The average molecular weight is 361 g/mol. The van der Waals surface area contributed by atoms with Gasteiger partial charge in [0.15, 0.2) is 5.82 Å². The van der Waals surface area contributed by atoms with Crippen molar-refractivity contribution >= 4 is 5.91 Å². The molecule has 0 atom stereocenters. The number of nitrogens with one attached hydrogen (secondary N) is 2. The van der Waals surface area contributed by atoms with Crippen LogP contribution in [0.25, 0.3) is 11.4 Å². The van der Waals surface area contributed by atoms with Crippen LogP contribution >= 0.6 is 0 Å². The molecular weight excluding hydrogens is 334 g/mol. The minimum absolute atomic E-state index is 0.0196. The molecule has 0 aliphatic heterocycles. The van der Waals surface area contributed by atoms with E-state index in [0.717, 1.165) is 19.6 Å². The number of nitrogens with zero attached hydrogens (tertiary/aromatic N) is 3. The molecule has 1 amide bonds. The molecule has 0 aliphatic carbocycles. The van der Waals surface area contributed by atoms with Crippen LogP contribution in [0, 0.1) is 0 Å². The highest BCUT2D eigenvalue weighted by molar-refractivity contribution is 5.90. The Bertz CT molecular complexity index is 753. The Kier molecular flexibility index (Phi) is 6.57. The van der Waals surface area contributed by atoms with Gasteiger partial charge in [-0.15, -0.1) is 0 Å². The molecule has 4 N–H and O–H groups in total. The quantitative estimate of drug-likeness (QED) is 0.572. The van der Waals surface area contributed by atoms with Gasteiger partial charge in [-0.2, -0.15) is 5.10 Å². The second-order valence-corrected chi connectivity index (χ2v) is 6.37. The predicted octanol–water partition coefficient (Wildman–Crippen LogP) is 2.08. The predicted molar refractivity (Wildman–Crippen MR) is 99.4 cm³/mol. The molecule has 0 fully saturated rings. The van der Waals surface area contributed by atoms with Crippen LogP contribution in [0.4, 0.5) is 0 Å². The zero-order chi connectivity index (χ0) is 19.3. The first-order valence-electron chi connectivity index (χ1n) is 8.86. The number of rotatable bonds is 8. The molecule has 0 unspecified atom stereocenters. The van der Waals surface area contributed by atoms with E-state index in [1.165, 1.54) is 6.07 Å². The van der Waals surface area contributed by atoms with E-state index >= 15 is 0 Å². The van der Waals surface area contributed by atoms with Gasteiger partial charge in [0, 0.05) is 19.2 Å². The summed E-state index contributed by atoms with van der Waals surface area (Å²) in [6.45, 7) is 11.1. The molecule has 142 valence electrons.